The molecule has 52 valence electrons. The Balaban J connectivity index is 3.27. The third kappa shape index (κ3) is 5.03. The highest BCUT2D eigenvalue weighted by atomic mass is 16.1. The Morgan fingerprint density at radius 3 is 2.89 bits per heavy atom. The summed E-state index contributed by atoms with van der Waals surface area (Å²) in [6, 6.07) is 0.00824. The number of hydrogen-bond donors (Lipinski definition) is 2. The second kappa shape index (κ2) is 4.09. The van der Waals surface area contributed by atoms with E-state index >= 15 is 0 Å². The minimum absolute atomic E-state index is 0.00824. The van der Waals surface area contributed by atoms with Gasteiger partial charge in [-0.25, -0.2) is 0 Å². The van der Waals surface area contributed by atoms with Gasteiger partial charge >= 0.3 is 0 Å². The number of hydrogen-bond acceptors (Lipinski definition) is 2. The van der Waals surface area contributed by atoms with Crippen molar-refractivity contribution in [3.8, 4) is 0 Å². The summed E-state index contributed by atoms with van der Waals surface area (Å²) in [5, 5.41) is 2.55. The average Bonchev–Trinajstić information content (AvgIpc) is 1.83. The number of amides is 1. The molecule has 3 heteroatoms. The van der Waals surface area contributed by atoms with E-state index in [1.165, 1.54) is 6.08 Å². The first kappa shape index (κ1) is 8.17. The third-order valence-corrected chi connectivity index (χ3v) is 0.784. The number of carbonyl (C=O) groups is 1. The van der Waals surface area contributed by atoms with Crippen molar-refractivity contribution in [3.05, 3.63) is 12.7 Å². The molecule has 0 aromatic carbocycles. The molecule has 1 atom stereocenters. The molecule has 0 bridgehead atoms. The third-order valence-electron chi connectivity index (χ3n) is 0.784. The van der Waals surface area contributed by atoms with Crippen LogP contribution in [-0.4, -0.2) is 18.5 Å². The first-order chi connectivity index (χ1) is 4.16. The lowest BCUT2D eigenvalue weighted by atomic mass is 10.3. The topological polar surface area (TPSA) is 55.1 Å². The molecule has 0 aliphatic carbocycles. The summed E-state index contributed by atoms with van der Waals surface area (Å²) in [5.41, 5.74) is 5.35. The predicted molar refractivity (Wildman–Crippen MR) is 36.9 cm³/mol. The Bertz CT molecular complexity index is 110. The Labute approximate surface area is 54.9 Å². The van der Waals surface area contributed by atoms with Crippen LogP contribution in [0.15, 0.2) is 12.7 Å². The molecule has 0 saturated carbocycles. The second-order valence-corrected chi connectivity index (χ2v) is 1.93. The molecular weight excluding hydrogens is 116 g/mol. The lowest BCUT2D eigenvalue weighted by molar-refractivity contribution is -0.116. The molecular formula is C6H12N2O. The zero-order valence-electron chi connectivity index (χ0n) is 5.55. The Hall–Kier alpha value is -0.830. The van der Waals surface area contributed by atoms with E-state index in [4.69, 9.17) is 5.73 Å². The van der Waals surface area contributed by atoms with Crippen LogP contribution in [0.25, 0.3) is 0 Å². The van der Waals surface area contributed by atoms with E-state index in [0.717, 1.165) is 0 Å². The van der Waals surface area contributed by atoms with Crippen molar-refractivity contribution >= 4 is 5.91 Å². The molecule has 3 N–H and O–H groups in total. The van der Waals surface area contributed by atoms with Crippen LogP contribution in [0, 0.1) is 0 Å². The zero-order chi connectivity index (χ0) is 7.28. The second-order valence-electron chi connectivity index (χ2n) is 1.93. The molecule has 0 radical (unpaired) electrons. The van der Waals surface area contributed by atoms with Gasteiger partial charge in [0.2, 0.25) is 5.91 Å². The summed E-state index contributed by atoms with van der Waals surface area (Å²) >= 11 is 0. The maximum Gasteiger partial charge on any atom is 0.243 e. The SMILES string of the molecule is C=CC(=O)NC[C@H](C)N. The largest absolute Gasteiger partial charge is 0.351 e. The van der Waals surface area contributed by atoms with Crippen molar-refractivity contribution < 1.29 is 4.79 Å². The van der Waals surface area contributed by atoms with Crippen LogP contribution < -0.4 is 11.1 Å². The van der Waals surface area contributed by atoms with Crippen LogP contribution in [0.1, 0.15) is 6.92 Å². The van der Waals surface area contributed by atoms with E-state index in [9.17, 15) is 4.79 Å². The van der Waals surface area contributed by atoms with Gasteiger partial charge in [0.1, 0.15) is 0 Å². The molecule has 0 saturated heterocycles. The van der Waals surface area contributed by atoms with Crippen molar-refractivity contribution in [1.29, 1.82) is 0 Å². The maximum atomic E-state index is 10.4. The summed E-state index contributed by atoms with van der Waals surface area (Å²) < 4.78 is 0. The lowest BCUT2D eigenvalue weighted by Gasteiger charge is -2.03. The van der Waals surface area contributed by atoms with Crippen molar-refractivity contribution in [2.24, 2.45) is 5.73 Å². The standard InChI is InChI=1S/C6H12N2O/c1-3-6(9)8-4-5(2)7/h3,5H,1,4,7H2,2H3,(H,8,9)/t5-/m0/s1. The van der Waals surface area contributed by atoms with Crippen LogP contribution in [0.5, 0.6) is 0 Å². The van der Waals surface area contributed by atoms with Crippen LogP contribution >= 0.6 is 0 Å². The molecule has 0 aromatic heterocycles. The van der Waals surface area contributed by atoms with Crippen LogP contribution in [-0.2, 0) is 4.79 Å². The maximum absolute atomic E-state index is 10.4. The molecule has 0 fully saturated rings. The fraction of sp³-hybridized carbons (Fsp3) is 0.500. The minimum Gasteiger partial charge on any atom is -0.351 e. The van der Waals surface area contributed by atoms with Crippen molar-refractivity contribution in [2.75, 3.05) is 6.54 Å². The zero-order valence-corrected chi connectivity index (χ0v) is 5.55. The van der Waals surface area contributed by atoms with Gasteiger partial charge in [-0.3, -0.25) is 4.79 Å². The van der Waals surface area contributed by atoms with Crippen molar-refractivity contribution in [1.82, 2.24) is 5.32 Å². The van der Waals surface area contributed by atoms with E-state index in [2.05, 4.69) is 11.9 Å². The van der Waals surface area contributed by atoms with Gasteiger partial charge in [-0.15, -0.1) is 0 Å². The molecule has 0 unspecified atom stereocenters. The molecule has 9 heavy (non-hydrogen) atoms. The Morgan fingerprint density at radius 1 is 2.00 bits per heavy atom. The molecule has 0 aromatic rings. The fourth-order valence-corrected chi connectivity index (χ4v) is 0.334. The van der Waals surface area contributed by atoms with Crippen LogP contribution in [0.2, 0.25) is 0 Å². The highest BCUT2D eigenvalue weighted by molar-refractivity contribution is 5.86. The van der Waals surface area contributed by atoms with Crippen molar-refractivity contribution in [3.63, 3.8) is 0 Å². The van der Waals surface area contributed by atoms with Gasteiger partial charge in [0.25, 0.3) is 0 Å². The summed E-state index contributed by atoms with van der Waals surface area (Å²) in [6.45, 7) is 5.61. The summed E-state index contributed by atoms with van der Waals surface area (Å²) in [6.07, 6.45) is 1.22. The Morgan fingerprint density at radius 2 is 2.56 bits per heavy atom. The molecule has 0 rings (SSSR count). The highest BCUT2D eigenvalue weighted by Gasteiger charge is 1.94. The monoisotopic (exact) mass is 128 g/mol. The van der Waals surface area contributed by atoms with Crippen LogP contribution in [0.4, 0.5) is 0 Å². The molecule has 0 aliphatic heterocycles. The molecule has 0 spiro atoms. The van der Waals surface area contributed by atoms with E-state index < -0.39 is 0 Å². The first-order valence-electron chi connectivity index (χ1n) is 2.82. The van der Waals surface area contributed by atoms with E-state index in [1.54, 1.807) is 0 Å². The van der Waals surface area contributed by atoms with Crippen molar-refractivity contribution in [2.45, 2.75) is 13.0 Å². The minimum atomic E-state index is -0.174. The average molecular weight is 128 g/mol. The number of carbonyl (C=O) groups excluding carboxylic acids is 1. The smallest absolute Gasteiger partial charge is 0.243 e. The van der Waals surface area contributed by atoms with E-state index in [1.807, 2.05) is 6.92 Å². The van der Waals surface area contributed by atoms with Gasteiger partial charge in [0.05, 0.1) is 0 Å². The van der Waals surface area contributed by atoms with Gasteiger partial charge in [-0.1, -0.05) is 6.58 Å². The molecule has 1 amide bonds. The van der Waals surface area contributed by atoms with Gasteiger partial charge in [-0.05, 0) is 13.0 Å². The van der Waals surface area contributed by atoms with Gasteiger partial charge < -0.3 is 11.1 Å². The van der Waals surface area contributed by atoms with Gasteiger partial charge in [0, 0.05) is 12.6 Å². The fourth-order valence-electron chi connectivity index (χ4n) is 0.334. The molecule has 0 aliphatic rings. The predicted octanol–water partition coefficient (Wildman–Crippen LogP) is -0.364. The number of nitrogens with one attached hydrogen (secondary N) is 1. The summed E-state index contributed by atoms with van der Waals surface area (Å²) in [5.74, 6) is -0.174. The molecule has 3 nitrogen and oxygen atoms in total. The van der Waals surface area contributed by atoms with Gasteiger partial charge in [0.15, 0.2) is 0 Å². The van der Waals surface area contributed by atoms with E-state index in [-0.39, 0.29) is 11.9 Å². The molecule has 0 heterocycles. The number of nitrogens with two attached hydrogens (primary N) is 1. The lowest BCUT2D eigenvalue weighted by Crippen LogP contribution is -2.34. The summed E-state index contributed by atoms with van der Waals surface area (Å²) in [4.78, 5) is 10.4. The summed E-state index contributed by atoms with van der Waals surface area (Å²) in [7, 11) is 0. The first-order valence-corrected chi connectivity index (χ1v) is 2.82. The quantitative estimate of drug-likeness (QED) is 0.510. The van der Waals surface area contributed by atoms with Crippen LogP contribution in [0.3, 0.4) is 0 Å². The van der Waals surface area contributed by atoms with E-state index in [0.29, 0.717) is 6.54 Å². The Kier molecular flexibility index (Phi) is 3.71. The normalized spacial score (nSPS) is 12.2. The van der Waals surface area contributed by atoms with Gasteiger partial charge in [-0.2, -0.15) is 0 Å². The number of rotatable bonds is 3. The highest BCUT2D eigenvalue weighted by Crippen LogP contribution is 1.70.